The number of amides is 2. The first-order chi connectivity index (χ1) is 15.9. The second-order valence-corrected chi connectivity index (χ2v) is 8.99. The minimum absolute atomic E-state index is 0.0997. The summed E-state index contributed by atoms with van der Waals surface area (Å²) in [7, 11) is 0. The summed E-state index contributed by atoms with van der Waals surface area (Å²) in [4.78, 5) is 42.6. The molecular weight excluding hydrogens is 444 g/mol. The van der Waals surface area contributed by atoms with Gasteiger partial charge in [-0.2, -0.15) is 0 Å². The zero-order valence-corrected chi connectivity index (χ0v) is 18.6. The van der Waals surface area contributed by atoms with Crippen LogP contribution in [0.4, 0.5) is 22.7 Å². The lowest BCUT2D eigenvalue weighted by Gasteiger charge is -2.37. The first kappa shape index (κ1) is 21.5. The van der Waals surface area contributed by atoms with Gasteiger partial charge in [-0.25, -0.2) is 4.90 Å². The molecule has 2 aromatic rings. The number of carbonyl (C=O) groups is 2. The summed E-state index contributed by atoms with van der Waals surface area (Å²) in [6.07, 6.45) is 4.90. The Morgan fingerprint density at radius 3 is 2.09 bits per heavy atom. The van der Waals surface area contributed by atoms with E-state index in [-0.39, 0.29) is 35.0 Å². The van der Waals surface area contributed by atoms with E-state index in [1.54, 1.807) is 12.1 Å². The molecule has 0 aromatic heterocycles. The maximum Gasteiger partial charge on any atom is 0.294 e. The number of halogens is 1. The summed E-state index contributed by atoms with van der Waals surface area (Å²) in [6.45, 7) is 2.59. The average Bonchev–Trinajstić information content (AvgIpc) is 3.09. The second-order valence-electron chi connectivity index (χ2n) is 8.55. The lowest BCUT2D eigenvalue weighted by molar-refractivity contribution is -0.384. The van der Waals surface area contributed by atoms with E-state index in [2.05, 4.69) is 4.90 Å². The van der Waals surface area contributed by atoms with Gasteiger partial charge in [-0.05, 0) is 43.2 Å². The van der Waals surface area contributed by atoms with Crippen LogP contribution in [0.25, 0.3) is 0 Å². The number of piperazine rings is 1. The van der Waals surface area contributed by atoms with Gasteiger partial charge in [0.1, 0.15) is 5.69 Å². The van der Waals surface area contributed by atoms with E-state index in [0.29, 0.717) is 49.7 Å². The second kappa shape index (κ2) is 8.51. The van der Waals surface area contributed by atoms with Crippen molar-refractivity contribution >= 4 is 46.2 Å². The summed E-state index contributed by atoms with van der Waals surface area (Å²) in [6, 6.07) is 12.3. The Morgan fingerprint density at radius 1 is 0.848 bits per heavy atom. The van der Waals surface area contributed by atoms with Crippen molar-refractivity contribution in [2.24, 2.45) is 11.8 Å². The third-order valence-electron chi connectivity index (χ3n) is 6.72. The van der Waals surface area contributed by atoms with Gasteiger partial charge in [0.25, 0.3) is 5.69 Å². The fourth-order valence-corrected chi connectivity index (χ4v) is 5.18. The number of nitrogens with zero attached hydrogens (tertiary/aromatic N) is 4. The van der Waals surface area contributed by atoms with E-state index in [4.69, 9.17) is 11.6 Å². The van der Waals surface area contributed by atoms with Gasteiger partial charge in [0.05, 0.1) is 22.4 Å². The number of hydrogen-bond donors (Lipinski definition) is 0. The van der Waals surface area contributed by atoms with Gasteiger partial charge in [-0.3, -0.25) is 19.7 Å². The molecule has 9 heteroatoms. The van der Waals surface area contributed by atoms with Crippen molar-refractivity contribution in [1.29, 1.82) is 0 Å². The van der Waals surface area contributed by atoms with E-state index < -0.39 is 4.92 Å². The minimum atomic E-state index is -0.443. The van der Waals surface area contributed by atoms with Crippen LogP contribution >= 0.6 is 11.6 Å². The number of rotatable bonds is 4. The zero-order valence-electron chi connectivity index (χ0n) is 17.9. The molecule has 2 fully saturated rings. The lowest BCUT2D eigenvalue weighted by atomic mass is 9.85. The summed E-state index contributed by atoms with van der Waals surface area (Å²) in [5, 5.41) is 12.6. The summed E-state index contributed by atoms with van der Waals surface area (Å²) in [5.41, 5.74) is 1.69. The van der Waals surface area contributed by atoms with Crippen LogP contribution in [-0.2, 0) is 9.59 Å². The van der Waals surface area contributed by atoms with E-state index in [1.165, 1.54) is 6.07 Å². The van der Waals surface area contributed by atoms with Gasteiger partial charge in [0.15, 0.2) is 0 Å². The molecule has 8 nitrogen and oxygen atoms in total. The molecule has 2 atom stereocenters. The number of anilines is 3. The molecule has 0 spiro atoms. The Bertz CT molecular complexity index is 1130. The number of benzene rings is 2. The zero-order chi connectivity index (χ0) is 23.1. The Kier molecular flexibility index (Phi) is 5.54. The first-order valence-electron chi connectivity index (χ1n) is 11.0. The Labute approximate surface area is 196 Å². The largest absolute Gasteiger partial charge is 0.368 e. The quantitative estimate of drug-likeness (QED) is 0.292. The number of nitro groups is 1. The van der Waals surface area contributed by atoms with Crippen LogP contribution in [0.3, 0.4) is 0 Å². The number of carbonyl (C=O) groups excluding carboxylic acids is 2. The molecule has 170 valence electrons. The number of fused-ring (bicyclic) bond motifs is 1. The number of allylic oxidation sites excluding steroid dienone is 2. The van der Waals surface area contributed by atoms with E-state index in [1.807, 2.05) is 41.3 Å². The SMILES string of the molecule is O=C1[C@H]2CC=CC[C@@H]2C(=O)N1c1ccc(N2CCN(c3cccc(Cl)c3)CC2)c([N+](=O)[O-])c1. The van der Waals surface area contributed by atoms with Crippen molar-refractivity contribution in [1.82, 2.24) is 0 Å². The average molecular weight is 467 g/mol. The highest BCUT2D eigenvalue weighted by Crippen LogP contribution is 2.40. The molecule has 2 amide bonds. The predicted molar refractivity (Wildman–Crippen MR) is 127 cm³/mol. The van der Waals surface area contributed by atoms with Crippen LogP contribution in [0.1, 0.15) is 12.8 Å². The topological polar surface area (TPSA) is 87.0 Å². The van der Waals surface area contributed by atoms with Gasteiger partial charge in [0, 0.05) is 43.0 Å². The normalized spacial score (nSPS) is 22.6. The van der Waals surface area contributed by atoms with Gasteiger partial charge in [-0.15, -0.1) is 0 Å². The highest BCUT2D eigenvalue weighted by Gasteiger charge is 2.48. The van der Waals surface area contributed by atoms with Crippen LogP contribution < -0.4 is 14.7 Å². The third kappa shape index (κ3) is 3.84. The molecule has 0 unspecified atom stereocenters. The van der Waals surface area contributed by atoms with Gasteiger partial charge in [0.2, 0.25) is 11.8 Å². The Morgan fingerprint density at radius 2 is 1.48 bits per heavy atom. The molecule has 3 aliphatic rings. The van der Waals surface area contributed by atoms with E-state index >= 15 is 0 Å². The Hall–Kier alpha value is -3.39. The maximum atomic E-state index is 12.9. The highest BCUT2D eigenvalue weighted by molar-refractivity contribution is 6.30. The number of nitro benzene ring substituents is 1. The molecule has 33 heavy (non-hydrogen) atoms. The highest BCUT2D eigenvalue weighted by atomic mass is 35.5. The molecule has 0 N–H and O–H groups in total. The fraction of sp³-hybridized carbons (Fsp3) is 0.333. The maximum absolute atomic E-state index is 12.9. The molecule has 2 aliphatic heterocycles. The van der Waals surface area contributed by atoms with Gasteiger partial charge < -0.3 is 9.80 Å². The van der Waals surface area contributed by atoms with E-state index in [0.717, 1.165) is 10.6 Å². The summed E-state index contributed by atoms with van der Waals surface area (Å²) >= 11 is 6.11. The number of hydrogen-bond acceptors (Lipinski definition) is 6. The van der Waals surface area contributed by atoms with Crippen LogP contribution in [-0.4, -0.2) is 42.9 Å². The van der Waals surface area contributed by atoms with Crippen LogP contribution in [0.5, 0.6) is 0 Å². The molecule has 2 heterocycles. The van der Waals surface area contributed by atoms with E-state index in [9.17, 15) is 19.7 Å². The Balaban J connectivity index is 1.37. The van der Waals surface area contributed by atoms with Crippen molar-refractivity contribution < 1.29 is 14.5 Å². The molecule has 0 bridgehead atoms. The third-order valence-corrected chi connectivity index (χ3v) is 6.95. The summed E-state index contributed by atoms with van der Waals surface area (Å²) < 4.78 is 0. The fourth-order valence-electron chi connectivity index (χ4n) is 5.00. The minimum Gasteiger partial charge on any atom is -0.368 e. The van der Waals surface area contributed by atoms with Gasteiger partial charge >= 0.3 is 0 Å². The molecule has 0 saturated carbocycles. The van der Waals surface area contributed by atoms with Crippen LogP contribution in [0, 0.1) is 22.0 Å². The monoisotopic (exact) mass is 466 g/mol. The van der Waals surface area contributed by atoms with Crippen molar-refractivity contribution in [3.63, 3.8) is 0 Å². The standard InChI is InChI=1S/C24H23ClN4O4/c25-16-4-3-5-17(14-16)26-10-12-27(13-11-26)21-9-8-18(15-22(21)29(32)33)28-23(30)19-6-1-2-7-20(19)24(28)31/h1-5,8-9,14-15,19-20H,6-7,10-13H2/t19-,20-/m0/s1. The number of imide groups is 1. The molecule has 5 rings (SSSR count). The molecule has 2 aromatic carbocycles. The smallest absolute Gasteiger partial charge is 0.294 e. The predicted octanol–water partition coefficient (Wildman–Crippen LogP) is 4.03. The van der Waals surface area contributed by atoms with Crippen molar-refractivity contribution in [3.8, 4) is 0 Å². The molecule has 1 aliphatic carbocycles. The van der Waals surface area contributed by atoms with Crippen molar-refractivity contribution in [2.45, 2.75) is 12.8 Å². The molecule has 0 radical (unpaired) electrons. The summed E-state index contributed by atoms with van der Waals surface area (Å²) in [5.74, 6) is -1.29. The van der Waals surface area contributed by atoms with Crippen LogP contribution in [0.2, 0.25) is 5.02 Å². The molecule has 2 saturated heterocycles. The lowest BCUT2D eigenvalue weighted by Crippen LogP contribution is -2.46. The molecular formula is C24H23ClN4O4. The van der Waals surface area contributed by atoms with Gasteiger partial charge in [-0.1, -0.05) is 29.8 Å². The first-order valence-corrected chi connectivity index (χ1v) is 11.4. The van der Waals surface area contributed by atoms with Crippen molar-refractivity contribution in [3.05, 3.63) is 69.8 Å². The van der Waals surface area contributed by atoms with Crippen LogP contribution in [0.15, 0.2) is 54.6 Å². The van der Waals surface area contributed by atoms with Crippen molar-refractivity contribution in [2.75, 3.05) is 40.9 Å².